The molecule has 0 radical (unpaired) electrons. The van der Waals surface area contributed by atoms with Crippen molar-refractivity contribution in [2.24, 2.45) is 5.92 Å². The molecular weight excluding hydrogens is 641 g/mol. The Labute approximate surface area is 249 Å². The molecule has 40 heavy (non-hydrogen) atoms. The zero-order chi connectivity index (χ0) is 28.1. The molecule has 7 nitrogen and oxygen atoms in total. The van der Waals surface area contributed by atoms with Crippen LogP contribution >= 0.6 is 50.6 Å². The van der Waals surface area contributed by atoms with Gasteiger partial charge in [-0.15, -0.1) is 0 Å². The summed E-state index contributed by atoms with van der Waals surface area (Å²) in [6, 6.07) is 19.2. The number of carbonyl (C=O) groups is 3. The fourth-order valence-corrected chi connectivity index (χ4v) is 8.35. The van der Waals surface area contributed by atoms with E-state index >= 15 is 0 Å². The number of fused-ring (bicyclic) bond motifs is 2. The highest BCUT2D eigenvalue weighted by Crippen LogP contribution is 2.54. The van der Waals surface area contributed by atoms with E-state index in [0.717, 1.165) is 38.0 Å². The van der Waals surface area contributed by atoms with Crippen LogP contribution in [0.5, 0.6) is 0 Å². The number of hydrogen-bond acceptors (Lipinski definition) is 6. The van der Waals surface area contributed by atoms with Gasteiger partial charge in [-0.2, -0.15) is 0 Å². The molecule has 0 aliphatic carbocycles. The number of imide groups is 1. The third kappa shape index (κ3) is 4.81. The number of carbonyl (C=O) groups excluding carboxylic acids is 3. The van der Waals surface area contributed by atoms with Crippen molar-refractivity contribution in [3.05, 3.63) is 108 Å². The second-order valence-corrected chi connectivity index (χ2v) is 12.7. The summed E-state index contributed by atoms with van der Waals surface area (Å²) in [6.07, 6.45) is 0. The van der Waals surface area contributed by atoms with Crippen molar-refractivity contribution in [2.75, 3.05) is 10.2 Å². The molecule has 1 fully saturated rings. The van der Waals surface area contributed by atoms with Crippen molar-refractivity contribution in [1.29, 1.82) is 0 Å². The van der Waals surface area contributed by atoms with Gasteiger partial charge < -0.3 is 5.32 Å². The molecule has 3 atom stereocenters. The number of rotatable bonds is 5. The first-order valence-corrected chi connectivity index (χ1v) is 14.9. The van der Waals surface area contributed by atoms with Crippen LogP contribution < -0.4 is 15.1 Å². The Bertz CT molecular complexity index is 1720. The van der Waals surface area contributed by atoms with Gasteiger partial charge in [-0.3, -0.25) is 23.7 Å². The molecule has 1 aromatic heterocycles. The third-order valence-electron chi connectivity index (χ3n) is 6.77. The minimum atomic E-state index is -0.839. The first kappa shape index (κ1) is 26.9. The van der Waals surface area contributed by atoms with Crippen LogP contribution in [0.25, 0.3) is 0 Å². The fraction of sp³-hybridized carbons (Fsp3) is 0.143. The molecule has 2 aliphatic heterocycles. The fourth-order valence-electron chi connectivity index (χ4n) is 5.04. The number of thioether (sulfide) groups is 1. The number of anilines is 2. The summed E-state index contributed by atoms with van der Waals surface area (Å²) >= 11 is 11.5. The van der Waals surface area contributed by atoms with Gasteiger partial charge in [0.2, 0.25) is 17.7 Å². The lowest BCUT2D eigenvalue weighted by molar-refractivity contribution is -0.122. The van der Waals surface area contributed by atoms with E-state index in [4.69, 9.17) is 11.6 Å². The number of halogens is 3. The zero-order valence-corrected chi connectivity index (χ0v) is 24.3. The van der Waals surface area contributed by atoms with Crippen LogP contribution in [0.2, 0.25) is 5.02 Å². The molecule has 3 aromatic carbocycles. The number of hydrogen-bond donors (Lipinski definition) is 1. The topological polar surface area (TPSA) is 88.5 Å². The van der Waals surface area contributed by atoms with Gasteiger partial charge >= 0.3 is 4.87 Å². The second-order valence-electron chi connectivity index (χ2n) is 9.26. The van der Waals surface area contributed by atoms with E-state index in [9.17, 15) is 23.6 Å². The average Bonchev–Trinajstić information content (AvgIpc) is 3.36. The summed E-state index contributed by atoms with van der Waals surface area (Å²) in [5, 5.41) is 2.93. The molecule has 0 unspecified atom stereocenters. The van der Waals surface area contributed by atoms with E-state index in [1.165, 1.54) is 28.8 Å². The maximum atomic E-state index is 13.8. The lowest BCUT2D eigenvalue weighted by Gasteiger charge is -2.30. The maximum Gasteiger partial charge on any atom is 0.308 e. The Morgan fingerprint density at radius 2 is 1.73 bits per heavy atom. The molecular formula is C28H18BrClFN3O4S2. The SMILES string of the molecule is O=C(Cn1c2c(sc1=O)[C@@H](c1cccc(Br)c1)[C@@H]1C(=O)N(c3ccc(F)cc3)C(=O)[C@@H]1S2)Nc1ccc(Cl)cc1. The van der Waals surface area contributed by atoms with Crippen LogP contribution in [0, 0.1) is 11.7 Å². The van der Waals surface area contributed by atoms with Crippen molar-refractivity contribution in [2.45, 2.75) is 22.7 Å². The third-order valence-corrected chi connectivity index (χ3v) is 10.1. The molecule has 6 rings (SSSR count). The van der Waals surface area contributed by atoms with Crippen molar-refractivity contribution >= 4 is 79.7 Å². The standard InChI is InChI=1S/C28H18BrClFN3O4S2/c29-15-3-1-2-14(12-15)21-22-23(26(37)34(25(22)36)19-10-6-17(31)7-11-19)39-27-24(21)40-28(38)33(27)13-20(35)32-18-8-4-16(30)5-9-18/h1-12,21-23H,13H2,(H,32,35)/t21-,22-,23+/m0/s1. The lowest BCUT2D eigenvalue weighted by atomic mass is 9.83. The predicted molar refractivity (Wildman–Crippen MR) is 157 cm³/mol. The Morgan fingerprint density at radius 1 is 1.00 bits per heavy atom. The minimum absolute atomic E-state index is 0.271. The van der Waals surface area contributed by atoms with Crippen LogP contribution in [-0.2, 0) is 20.9 Å². The lowest BCUT2D eigenvalue weighted by Crippen LogP contribution is -2.33. The van der Waals surface area contributed by atoms with E-state index < -0.39 is 40.6 Å². The largest absolute Gasteiger partial charge is 0.325 e. The van der Waals surface area contributed by atoms with E-state index in [1.807, 2.05) is 24.3 Å². The molecule has 0 spiro atoms. The summed E-state index contributed by atoms with van der Waals surface area (Å²) < 4.78 is 15.7. The molecule has 1 saturated heterocycles. The smallest absolute Gasteiger partial charge is 0.308 e. The van der Waals surface area contributed by atoms with Gasteiger partial charge in [0.25, 0.3) is 0 Å². The van der Waals surface area contributed by atoms with Gasteiger partial charge in [-0.1, -0.05) is 62.8 Å². The van der Waals surface area contributed by atoms with Crippen molar-refractivity contribution in [3.63, 3.8) is 0 Å². The first-order chi connectivity index (χ1) is 19.2. The molecule has 3 amide bonds. The Hall–Kier alpha value is -3.25. The molecule has 202 valence electrons. The summed E-state index contributed by atoms with van der Waals surface area (Å²) in [5.41, 5.74) is 1.56. The van der Waals surface area contributed by atoms with Gasteiger partial charge in [0.15, 0.2) is 0 Å². The molecule has 4 aromatic rings. The zero-order valence-electron chi connectivity index (χ0n) is 20.3. The van der Waals surface area contributed by atoms with Crippen LogP contribution in [0.4, 0.5) is 15.8 Å². The monoisotopic (exact) mass is 657 g/mol. The number of benzene rings is 3. The summed E-state index contributed by atoms with van der Waals surface area (Å²) in [4.78, 5) is 55.1. The Kier molecular flexibility index (Phi) is 7.16. The van der Waals surface area contributed by atoms with Gasteiger partial charge in [-0.05, 0) is 66.2 Å². The second kappa shape index (κ2) is 10.6. The predicted octanol–water partition coefficient (Wildman–Crippen LogP) is 5.90. The molecule has 0 bridgehead atoms. The summed E-state index contributed by atoms with van der Waals surface area (Å²) in [6.45, 7) is -0.271. The van der Waals surface area contributed by atoms with Gasteiger partial charge in [-0.25, -0.2) is 9.29 Å². The number of aromatic nitrogens is 1. The number of nitrogens with zero attached hydrogens (tertiary/aromatic N) is 2. The summed E-state index contributed by atoms with van der Waals surface area (Å²) in [5.74, 6) is -3.17. The minimum Gasteiger partial charge on any atom is -0.325 e. The van der Waals surface area contributed by atoms with Crippen molar-refractivity contribution in [3.8, 4) is 0 Å². The van der Waals surface area contributed by atoms with Crippen LogP contribution in [0.1, 0.15) is 16.4 Å². The highest BCUT2D eigenvalue weighted by molar-refractivity contribution is 9.10. The van der Waals surface area contributed by atoms with E-state index in [1.54, 1.807) is 24.3 Å². The van der Waals surface area contributed by atoms with Crippen molar-refractivity contribution in [1.82, 2.24) is 4.57 Å². The first-order valence-electron chi connectivity index (χ1n) is 12.1. The van der Waals surface area contributed by atoms with Crippen LogP contribution in [-0.4, -0.2) is 27.5 Å². The average molecular weight is 659 g/mol. The maximum absolute atomic E-state index is 13.8. The van der Waals surface area contributed by atoms with E-state index in [-0.39, 0.29) is 17.1 Å². The number of amides is 3. The molecule has 2 aliphatic rings. The molecule has 12 heteroatoms. The highest BCUT2D eigenvalue weighted by atomic mass is 79.9. The van der Waals surface area contributed by atoms with Gasteiger partial charge in [0.1, 0.15) is 17.6 Å². The molecule has 3 heterocycles. The Morgan fingerprint density at radius 3 is 2.42 bits per heavy atom. The van der Waals surface area contributed by atoms with Gasteiger partial charge in [0, 0.05) is 26.0 Å². The number of thiazole rings is 1. The van der Waals surface area contributed by atoms with Crippen molar-refractivity contribution < 1.29 is 18.8 Å². The number of nitrogens with one attached hydrogen (secondary N) is 1. The normalized spacial score (nSPS) is 19.9. The van der Waals surface area contributed by atoms with E-state index in [0.29, 0.717) is 20.6 Å². The molecule has 1 N–H and O–H groups in total. The van der Waals surface area contributed by atoms with Crippen LogP contribution in [0.3, 0.4) is 0 Å². The quantitative estimate of drug-likeness (QED) is 0.270. The molecule has 0 saturated carbocycles. The van der Waals surface area contributed by atoms with E-state index in [2.05, 4.69) is 21.2 Å². The van der Waals surface area contributed by atoms with Crippen LogP contribution in [0.15, 0.2) is 87.1 Å². The highest BCUT2D eigenvalue weighted by Gasteiger charge is 2.56. The Balaban J connectivity index is 1.41. The van der Waals surface area contributed by atoms with Gasteiger partial charge in [0.05, 0.1) is 16.6 Å². The summed E-state index contributed by atoms with van der Waals surface area (Å²) in [7, 11) is 0.